The maximum absolute atomic E-state index is 12.6. The highest BCUT2D eigenvalue weighted by atomic mass is 32.2. The second-order valence-corrected chi connectivity index (χ2v) is 5.87. The Balaban J connectivity index is 2.27. The maximum atomic E-state index is 12.6. The molecule has 1 heterocycles. The molecule has 0 saturated carbocycles. The van der Waals surface area contributed by atoms with Crippen LogP contribution in [0.15, 0.2) is 35.1 Å². The van der Waals surface area contributed by atoms with E-state index in [1.807, 2.05) is 30.3 Å². The fourth-order valence-electron chi connectivity index (χ4n) is 2.12. The summed E-state index contributed by atoms with van der Waals surface area (Å²) in [7, 11) is 1.78. The largest absolute Gasteiger partial charge is 0.396 e. The van der Waals surface area contributed by atoms with E-state index in [-0.39, 0.29) is 23.8 Å². The Bertz CT molecular complexity index is 707. The number of rotatable bonds is 6. The zero-order valence-electron chi connectivity index (χ0n) is 12.6. The number of hydrogen-bond acceptors (Lipinski definition) is 4. The van der Waals surface area contributed by atoms with Crippen LogP contribution in [0, 0.1) is 6.92 Å². The number of para-hydroxylation sites is 1. The Morgan fingerprint density at radius 1 is 1.32 bits per heavy atom. The van der Waals surface area contributed by atoms with Gasteiger partial charge in [-0.3, -0.25) is 14.3 Å². The van der Waals surface area contributed by atoms with E-state index in [1.165, 1.54) is 16.4 Å². The summed E-state index contributed by atoms with van der Waals surface area (Å²) in [5, 5.41) is 11.4. The highest BCUT2D eigenvalue weighted by Gasteiger charge is 2.17. The molecule has 0 fully saturated rings. The number of benzene rings is 1. The van der Waals surface area contributed by atoms with Gasteiger partial charge in [-0.25, -0.2) is 4.68 Å². The molecule has 0 atom stereocenters. The first-order chi connectivity index (χ1) is 10.6. The summed E-state index contributed by atoms with van der Waals surface area (Å²) >= 11 is 1.32. The van der Waals surface area contributed by atoms with Gasteiger partial charge >= 0.3 is 0 Å². The molecule has 7 heteroatoms. The fraction of sp³-hybridized carbons (Fsp3) is 0.333. The number of thioether (sulfide) groups is 1. The Kier molecular flexibility index (Phi) is 5.46. The first-order valence-corrected chi connectivity index (χ1v) is 8.04. The highest BCUT2D eigenvalue weighted by Crippen LogP contribution is 2.14. The van der Waals surface area contributed by atoms with Gasteiger partial charge in [0.25, 0.3) is 5.56 Å². The first kappa shape index (κ1) is 16.4. The molecular weight excluding hydrogens is 302 g/mol. The number of nitrogens with zero attached hydrogens (tertiary/aromatic N) is 2. The number of carbonyl (C=O) groups excluding carboxylic acids is 1. The van der Waals surface area contributed by atoms with Crippen LogP contribution in [0.1, 0.15) is 5.69 Å². The summed E-state index contributed by atoms with van der Waals surface area (Å²) in [5.41, 5.74) is 1.47. The lowest BCUT2D eigenvalue weighted by atomic mass is 10.3. The van der Waals surface area contributed by atoms with Crippen LogP contribution in [0.5, 0.6) is 0 Å². The number of nitrogens with one attached hydrogen (secondary N) is 1. The lowest BCUT2D eigenvalue weighted by Gasteiger charge is -2.07. The summed E-state index contributed by atoms with van der Waals surface area (Å²) in [6.07, 6.45) is 0. The number of anilines is 1. The quantitative estimate of drug-likeness (QED) is 0.783. The van der Waals surface area contributed by atoms with Crippen molar-refractivity contribution < 1.29 is 9.90 Å². The van der Waals surface area contributed by atoms with Crippen molar-refractivity contribution in [3.05, 3.63) is 46.4 Å². The third kappa shape index (κ3) is 3.42. The number of aliphatic hydroxyl groups is 1. The minimum atomic E-state index is -0.258. The van der Waals surface area contributed by atoms with Gasteiger partial charge in [-0.15, -0.1) is 11.8 Å². The van der Waals surface area contributed by atoms with Crippen LogP contribution in [0.2, 0.25) is 0 Å². The number of aromatic nitrogens is 2. The van der Waals surface area contributed by atoms with Gasteiger partial charge in [-0.2, -0.15) is 0 Å². The van der Waals surface area contributed by atoms with Crippen molar-refractivity contribution in [3.8, 4) is 5.69 Å². The van der Waals surface area contributed by atoms with Gasteiger partial charge in [-0.05, 0) is 19.1 Å². The monoisotopic (exact) mass is 321 g/mol. The lowest BCUT2D eigenvalue weighted by Crippen LogP contribution is -2.23. The molecule has 1 amide bonds. The van der Waals surface area contributed by atoms with Crippen molar-refractivity contribution in [1.82, 2.24) is 9.36 Å². The number of aliphatic hydroxyl groups excluding tert-OH is 1. The van der Waals surface area contributed by atoms with Crippen molar-refractivity contribution in [2.75, 3.05) is 23.4 Å². The zero-order valence-corrected chi connectivity index (χ0v) is 13.4. The minimum Gasteiger partial charge on any atom is -0.396 e. The van der Waals surface area contributed by atoms with E-state index in [0.717, 1.165) is 5.69 Å². The fourth-order valence-corrected chi connectivity index (χ4v) is 2.65. The van der Waals surface area contributed by atoms with E-state index in [1.54, 1.807) is 18.7 Å². The van der Waals surface area contributed by atoms with Crippen LogP contribution >= 0.6 is 11.8 Å². The topological polar surface area (TPSA) is 76.3 Å². The Morgan fingerprint density at radius 2 is 2.00 bits per heavy atom. The van der Waals surface area contributed by atoms with Crippen molar-refractivity contribution in [3.63, 3.8) is 0 Å². The molecule has 1 aromatic carbocycles. The normalized spacial score (nSPS) is 10.7. The van der Waals surface area contributed by atoms with Crippen molar-refractivity contribution in [1.29, 1.82) is 0 Å². The molecule has 0 radical (unpaired) electrons. The standard InChI is InChI=1S/C15H19N3O3S/c1-11-14(16-13(20)10-22-9-8-19)15(21)18(17(11)2)12-6-4-3-5-7-12/h3-7,19H,8-10H2,1-2H3,(H,16,20). The van der Waals surface area contributed by atoms with Crippen LogP contribution in [0.4, 0.5) is 5.69 Å². The van der Waals surface area contributed by atoms with E-state index in [0.29, 0.717) is 17.1 Å². The van der Waals surface area contributed by atoms with Gasteiger partial charge in [0, 0.05) is 12.8 Å². The summed E-state index contributed by atoms with van der Waals surface area (Å²) in [4.78, 5) is 24.4. The Labute approximate surface area is 132 Å². The molecule has 118 valence electrons. The number of carbonyl (C=O) groups is 1. The van der Waals surface area contributed by atoms with E-state index in [9.17, 15) is 9.59 Å². The average Bonchev–Trinajstić information content (AvgIpc) is 2.72. The molecule has 0 bridgehead atoms. The number of hydrogen-bond donors (Lipinski definition) is 2. The molecule has 0 aliphatic carbocycles. The number of amides is 1. The van der Waals surface area contributed by atoms with E-state index in [4.69, 9.17) is 5.11 Å². The van der Waals surface area contributed by atoms with Gasteiger partial charge in [0.2, 0.25) is 5.91 Å². The summed E-state index contributed by atoms with van der Waals surface area (Å²) in [5.74, 6) is 0.458. The van der Waals surface area contributed by atoms with Crippen molar-refractivity contribution in [2.45, 2.75) is 6.92 Å². The Hall–Kier alpha value is -1.99. The maximum Gasteiger partial charge on any atom is 0.295 e. The van der Waals surface area contributed by atoms with Crippen LogP contribution in [0.3, 0.4) is 0 Å². The molecule has 0 unspecified atom stereocenters. The molecule has 0 aliphatic rings. The van der Waals surface area contributed by atoms with E-state index < -0.39 is 0 Å². The van der Waals surface area contributed by atoms with Crippen LogP contribution in [-0.2, 0) is 11.8 Å². The molecule has 2 N–H and O–H groups in total. The van der Waals surface area contributed by atoms with Crippen LogP contribution in [-0.4, -0.2) is 38.5 Å². The second kappa shape index (κ2) is 7.33. The third-order valence-corrected chi connectivity index (χ3v) is 4.22. The van der Waals surface area contributed by atoms with E-state index in [2.05, 4.69) is 5.32 Å². The molecule has 2 aromatic rings. The minimum absolute atomic E-state index is 0.0309. The predicted octanol–water partition coefficient (Wildman–Crippen LogP) is 1.15. The van der Waals surface area contributed by atoms with E-state index >= 15 is 0 Å². The second-order valence-electron chi connectivity index (χ2n) is 4.76. The molecule has 0 spiro atoms. The molecule has 6 nitrogen and oxygen atoms in total. The SMILES string of the molecule is Cc1c(NC(=O)CSCCO)c(=O)n(-c2ccccc2)n1C. The van der Waals surface area contributed by atoms with Gasteiger partial charge in [0.1, 0.15) is 5.69 Å². The van der Waals surface area contributed by atoms with Crippen molar-refractivity contribution >= 4 is 23.4 Å². The Morgan fingerprint density at radius 3 is 2.64 bits per heavy atom. The summed E-state index contributed by atoms with van der Waals surface area (Å²) in [6, 6.07) is 9.26. The van der Waals surface area contributed by atoms with Crippen LogP contribution in [0.25, 0.3) is 5.69 Å². The van der Waals surface area contributed by atoms with Gasteiger partial charge in [-0.1, -0.05) is 18.2 Å². The van der Waals surface area contributed by atoms with Gasteiger partial charge < -0.3 is 10.4 Å². The molecule has 0 saturated heterocycles. The summed E-state index contributed by atoms with van der Waals surface area (Å²) < 4.78 is 3.24. The lowest BCUT2D eigenvalue weighted by molar-refractivity contribution is -0.113. The van der Waals surface area contributed by atoms with Crippen LogP contribution < -0.4 is 10.9 Å². The average molecular weight is 321 g/mol. The smallest absolute Gasteiger partial charge is 0.295 e. The molecule has 2 rings (SSSR count). The third-order valence-electron chi connectivity index (χ3n) is 3.29. The highest BCUT2D eigenvalue weighted by molar-refractivity contribution is 7.99. The molecule has 1 aromatic heterocycles. The van der Waals surface area contributed by atoms with Gasteiger partial charge in [0.15, 0.2) is 0 Å². The summed E-state index contributed by atoms with van der Waals surface area (Å²) in [6.45, 7) is 1.82. The molecular formula is C15H19N3O3S. The first-order valence-electron chi connectivity index (χ1n) is 6.88. The van der Waals surface area contributed by atoms with Gasteiger partial charge in [0.05, 0.1) is 23.7 Å². The predicted molar refractivity (Wildman–Crippen MR) is 88.8 cm³/mol. The molecule has 22 heavy (non-hydrogen) atoms. The van der Waals surface area contributed by atoms with Crippen molar-refractivity contribution in [2.24, 2.45) is 7.05 Å². The molecule has 0 aliphatic heterocycles. The zero-order chi connectivity index (χ0) is 16.1.